The highest BCUT2D eigenvalue weighted by Gasteiger charge is 2.40. The van der Waals surface area contributed by atoms with Gasteiger partial charge in [-0.2, -0.15) is 5.26 Å². The quantitative estimate of drug-likeness (QED) is 0.705. The van der Waals surface area contributed by atoms with Gasteiger partial charge in [-0.1, -0.05) is 13.8 Å². The molecule has 4 rings (SSSR count). The summed E-state index contributed by atoms with van der Waals surface area (Å²) < 4.78 is 0. The van der Waals surface area contributed by atoms with Crippen molar-refractivity contribution in [2.24, 2.45) is 5.92 Å². The van der Waals surface area contributed by atoms with Gasteiger partial charge in [0.2, 0.25) is 5.91 Å². The maximum atomic E-state index is 12.7. The van der Waals surface area contributed by atoms with Crippen LogP contribution in [0.2, 0.25) is 0 Å². The molecule has 3 atom stereocenters. The maximum absolute atomic E-state index is 12.7. The molecular formula is C26H31N5O3. The normalized spacial score (nSPS) is 22.1. The lowest BCUT2D eigenvalue weighted by molar-refractivity contribution is -0.117. The number of benzene rings is 2. The van der Waals surface area contributed by atoms with Gasteiger partial charge in [0.25, 0.3) is 0 Å². The number of carbonyl (C=O) groups excluding carboxylic acids is 1. The van der Waals surface area contributed by atoms with Crippen LogP contribution in [0.1, 0.15) is 44.4 Å². The Kier molecular flexibility index (Phi) is 6.64. The van der Waals surface area contributed by atoms with E-state index in [1.54, 1.807) is 19.1 Å². The molecule has 34 heavy (non-hydrogen) atoms. The highest BCUT2D eigenvalue weighted by molar-refractivity contribution is 5.94. The van der Waals surface area contributed by atoms with Crippen molar-refractivity contribution in [2.45, 2.75) is 39.3 Å². The second kappa shape index (κ2) is 9.64. The van der Waals surface area contributed by atoms with Crippen LogP contribution in [0.5, 0.6) is 0 Å². The number of anilines is 3. The fraction of sp³-hybridized carbons (Fsp3) is 0.423. The smallest absolute Gasteiger partial charge is 0.407 e. The molecule has 0 saturated carbocycles. The van der Waals surface area contributed by atoms with Crippen LogP contribution in [0.25, 0.3) is 0 Å². The zero-order valence-corrected chi connectivity index (χ0v) is 19.9. The molecule has 1 fully saturated rings. The minimum absolute atomic E-state index is 0.0243. The first-order valence-corrected chi connectivity index (χ1v) is 11.8. The van der Waals surface area contributed by atoms with E-state index >= 15 is 0 Å². The number of hydrogen-bond acceptors (Lipinski definition) is 5. The van der Waals surface area contributed by atoms with Crippen LogP contribution in [-0.4, -0.2) is 54.2 Å². The molecule has 0 radical (unpaired) electrons. The minimum atomic E-state index is -0.881. The van der Waals surface area contributed by atoms with Crippen LogP contribution in [-0.2, 0) is 4.79 Å². The van der Waals surface area contributed by atoms with Crippen molar-refractivity contribution < 1.29 is 14.7 Å². The van der Waals surface area contributed by atoms with Gasteiger partial charge in [0.15, 0.2) is 0 Å². The highest BCUT2D eigenvalue weighted by Crippen LogP contribution is 2.45. The summed E-state index contributed by atoms with van der Waals surface area (Å²) in [6, 6.07) is 15.8. The topological polar surface area (TPSA) is 99.9 Å². The number of rotatable bonds is 4. The van der Waals surface area contributed by atoms with Gasteiger partial charge >= 0.3 is 6.09 Å². The van der Waals surface area contributed by atoms with Gasteiger partial charge in [-0.25, -0.2) is 4.79 Å². The molecule has 2 aromatic carbocycles. The predicted molar refractivity (Wildman–Crippen MR) is 132 cm³/mol. The fourth-order valence-electron chi connectivity index (χ4n) is 5.27. The van der Waals surface area contributed by atoms with E-state index in [2.05, 4.69) is 36.2 Å². The molecule has 0 aromatic heterocycles. The van der Waals surface area contributed by atoms with E-state index in [0.717, 1.165) is 29.0 Å². The van der Waals surface area contributed by atoms with E-state index in [0.29, 0.717) is 31.7 Å². The Labute approximate surface area is 200 Å². The molecule has 2 amide bonds. The molecular weight excluding hydrogens is 430 g/mol. The summed E-state index contributed by atoms with van der Waals surface area (Å²) >= 11 is 0. The monoisotopic (exact) mass is 461 g/mol. The van der Waals surface area contributed by atoms with Crippen LogP contribution < -0.4 is 15.1 Å². The van der Waals surface area contributed by atoms with E-state index in [-0.39, 0.29) is 23.9 Å². The van der Waals surface area contributed by atoms with E-state index in [4.69, 9.17) is 5.26 Å². The molecule has 8 heteroatoms. The first-order valence-electron chi connectivity index (χ1n) is 11.8. The maximum Gasteiger partial charge on any atom is 0.407 e. The van der Waals surface area contributed by atoms with Crippen molar-refractivity contribution in [3.05, 3.63) is 53.6 Å². The summed E-state index contributed by atoms with van der Waals surface area (Å²) in [5, 5.41) is 22.0. The van der Waals surface area contributed by atoms with Gasteiger partial charge in [-0.05, 0) is 48.9 Å². The number of nitrogens with one attached hydrogen (secondary N) is 1. The zero-order chi connectivity index (χ0) is 24.4. The molecule has 2 aromatic rings. The summed E-state index contributed by atoms with van der Waals surface area (Å²) in [5.41, 5.74) is 4.53. The van der Waals surface area contributed by atoms with Gasteiger partial charge in [0.05, 0.1) is 17.7 Å². The molecule has 2 aliphatic rings. The van der Waals surface area contributed by atoms with Crippen molar-refractivity contribution in [3.8, 4) is 6.07 Å². The minimum Gasteiger partial charge on any atom is -0.465 e. The molecule has 178 valence electrons. The Morgan fingerprint density at radius 3 is 2.35 bits per heavy atom. The lowest BCUT2D eigenvalue weighted by atomic mass is 9.80. The van der Waals surface area contributed by atoms with Gasteiger partial charge in [-0.15, -0.1) is 0 Å². The summed E-state index contributed by atoms with van der Waals surface area (Å²) in [5.74, 6) is 0.177. The molecule has 0 spiro atoms. The van der Waals surface area contributed by atoms with Gasteiger partial charge in [0, 0.05) is 67.7 Å². The van der Waals surface area contributed by atoms with Gasteiger partial charge in [-0.3, -0.25) is 4.79 Å². The SMILES string of the molecule is CC[C@H]1[C@H](C)[C@@H](Nc2ccc(C#N)cc2)c2cc(N3CCN(C(=O)O)CC3)ccc2N1C(C)=O. The second-order valence-electron chi connectivity index (χ2n) is 9.03. The summed E-state index contributed by atoms with van der Waals surface area (Å²) in [6.07, 6.45) is -0.0433. The Balaban J connectivity index is 1.71. The number of amides is 2. The number of nitrogens with zero attached hydrogens (tertiary/aromatic N) is 4. The molecule has 1 saturated heterocycles. The molecule has 0 bridgehead atoms. The van der Waals surface area contributed by atoms with Crippen molar-refractivity contribution >= 4 is 29.1 Å². The molecule has 8 nitrogen and oxygen atoms in total. The molecule has 2 N–H and O–H groups in total. The standard InChI is InChI=1S/C26H31N5O3/c1-4-23-17(2)25(28-20-7-5-19(16-27)6-8-20)22-15-21(9-10-24(22)31(23)18(3)32)29-11-13-30(14-12-29)26(33)34/h5-10,15,17,23,25,28H,4,11-14H2,1-3H3,(H,33,34)/t17-,23-,25+/m0/s1. The van der Waals surface area contributed by atoms with Gasteiger partial charge in [0.1, 0.15) is 0 Å². The number of carbonyl (C=O) groups is 2. The Morgan fingerprint density at radius 2 is 1.79 bits per heavy atom. The predicted octanol–water partition coefficient (Wildman–Crippen LogP) is 4.29. The molecule has 2 heterocycles. The first-order chi connectivity index (χ1) is 16.3. The van der Waals surface area contributed by atoms with Crippen molar-refractivity contribution in [1.82, 2.24) is 4.90 Å². The fourth-order valence-corrected chi connectivity index (χ4v) is 5.27. The average Bonchev–Trinajstić information content (AvgIpc) is 2.85. The van der Waals surface area contributed by atoms with E-state index < -0.39 is 6.09 Å². The number of nitriles is 1. The Hall–Kier alpha value is -3.73. The van der Waals surface area contributed by atoms with Crippen LogP contribution in [0.15, 0.2) is 42.5 Å². The van der Waals surface area contributed by atoms with Crippen molar-refractivity contribution in [3.63, 3.8) is 0 Å². The summed E-state index contributed by atoms with van der Waals surface area (Å²) in [6.45, 7) is 8.08. The third-order valence-corrected chi connectivity index (χ3v) is 7.08. The second-order valence-corrected chi connectivity index (χ2v) is 9.03. The van der Waals surface area contributed by atoms with Crippen LogP contribution in [0.3, 0.4) is 0 Å². The lowest BCUT2D eigenvalue weighted by Gasteiger charge is -2.46. The van der Waals surface area contributed by atoms with E-state index in [1.807, 2.05) is 29.2 Å². The Morgan fingerprint density at radius 1 is 1.12 bits per heavy atom. The molecule has 0 aliphatic carbocycles. The van der Waals surface area contributed by atoms with Crippen molar-refractivity contribution in [1.29, 1.82) is 5.26 Å². The van der Waals surface area contributed by atoms with Crippen molar-refractivity contribution in [2.75, 3.05) is 41.3 Å². The molecule has 0 unspecified atom stereocenters. The number of fused-ring (bicyclic) bond motifs is 1. The average molecular weight is 462 g/mol. The number of piperazine rings is 1. The highest BCUT2D eigenvalue weighted by atomic mass is 16.4. The zero-order valence-electron chi connectivity index (χ0n) is 19.9. The third-order valence-electron chi connectivity index (χ3n) is 7.08. The van der Waals surface area contributed by atoms with E-state index in [9.17, 15) is 14.7 Å². The van der Waals surface area contributed by atoms with Crippen LogP contribution in [0, 0.1) is 17.2 Å². The largest absolute Gasteiger partial charge is 0.465 e. The van der Waals surface area contributed by atoms with Gasteiger partial charge < -0.3 is 25.1 Å². The number of hydrogen-bond donors (Lipinski definition) is 2. The lowest BCUT2D eigenvalue weighted by Crippen LogP contribution is -2.50. The number of carboxylic acid groups (broad SMARTS) is 1. The van der Waals surface area contributed by atoms with Crippen LogP contribution >= 0.6 is 0 Å². The Bertz CT molecular complexity index is 1100. The summed E-state index contributed by atoms with van der Waals surface area (Å²) in [4.78, 5) is 29.5. The first kappa shape index (κ1) is 23.4. The molecule has 2 aliphatic heterocycles. The van der Waals surface area contributed by atoms with Crippen LogP contribution in [0.4, 0.5) is 21.9 Å². The third kappa shape index (κ3) is 4.38. The summed E-state index contributed by atoms with van der Waals surface area (Å²) in [7, 11) is 0. The van der Waals surface area contributed by atoms with E-state index in [1.165, 1.54) is 4.90 Å².